The van der Waals surface area contributed by atoms with Gasteiger partial charge in [0.15, 0.2) is 0 Å². The molecule has 9 heteroatoms. The van der Waals surface area contributed by atoms with Crippen molar-refractivity contribution in [1.29, 1.82) is 0 Å². The van der Waals surface area contributed by atoms with Crippen LogP contribution in [-0.2, 0) is 9.59 Å². The van der Waals surface area contributed by atoms with E-state index in [0.717, 1.165) is 16.1 Å². The van der Waals surface area contributed by atoms with Crippen molar-refractivity contribution in [1.82, 2.24) is 5.32 Å². The van der Waals surface area contributed by atoms with Gasteiger partial charge < -0.3 is 16.0 Å². The lowest BCUT2D eigenvalue weighted by Gasteiger charge is -2.15. The number of thioether (sulfide) groups is 1. The number of amides is 3. The number of para-hydroxylation sites is 1. The topological polar surface area (TPSA) is 87.3 Å². The van der Waals surface area contributed by atoms with Crippen molar-refractivity contribution in [3.63, 3.8) is 0 Å². The van der Waals surface area contributed by atoms with Gasteiger partial charge in [0.2, 0.25) is 5.91 Å². The van der Waals surface area contributed by atoms with Crippen molar-refractivity contribution >= 4 is 70.1 Å². The third-order valence-corrected chi connectivity index (χ3v) is 7.91. The van der Waals surface area contributed by atoms with E-state index in [1.807, 2.05) is 44.2 Å². The molecule has 0 saturated heterocycles. The van der Waals surface area contributed by atoms with Crippen LogP contribution in [0.3, 0.4) is 0 Å². The lowest BCUT2D eigenvalue weighted by molar-refractivity contribution is -0.115. The zero-order valence-electron chi connectivity index (χ0n) is 22.3. The number of nitrogens with one attached hydrogen (secondary N) is 3. The molecule has 208 valence electrons. The number of hydrogen-bond donors (Lipinski definition) is 3. The molecule has 3 amide bonds. The van der Waals surface area contributed by atoms with E-state index in [2.05, 4.69) is 16.0 Å². The van der Waals surface area contributed by atoms with Gasteiger partial charge in [0.1, 0.15) is 5.70 Å². The molecule has 0 bridgehead atoms. The molecule has 0 aliphatic heterocycles. The van der Waals surface area contributed by atoms with Gasteiger partial charge in [-0.05, 0) is 73.5 Å². The molecule has 4 aromatic rings. The molecule has 0 spiro atoms. The van der Waals surface area contributed by atoms with Crippen molar-refractivity contribution in [2.24, 2.45) is 0 Å². The normalized spacial score (nSPS) is 11.9. The molecule has 0 aromatic heterocycles. The number of hydrogen-bond acceptors (Lipinski definition) is 4. The summed E-state index contributed by atoms with van der Waals surface area (Å²) in [5.41, 5.74) is 3.07. The molecular formula is C32H27Cl2N3O3S. The molecular weight excluding hydrogens is 577 g/mol. The number of rotatable bonds is 9. The van der Waals surface area contributed by atoms with Gasteiger partial charge in [-0.15, -0.1) is 11.8 Å². The Morgan fingerprint density at radius 1 is 0.829 bits per heavy atom. The molecule has 3 N–H and O–H groups in total. The Balaban J connectivity index is 1.51. The van der Waals surface area contributed by atoms with Gasteiger partial charge in [-0.25, -0.2) is 0 Å². The molecule has 0 fully saturated rings. The smallest absolute Gasteiger partial charge is 0.272 e. The molecule has 1 atom stereocenters. The van der Waals surface area contributed by atoms with E-state index >= 15 is 0 Å². The predicted molar refractivity (Wildman–Crippen MR) is 169 cm³/mol. The quantitative estimate of drug-likeness (QED) is 0.134. The summed E-state index contributed by atoms with van der Waals surface area (Å²) < 4.78 is 0. The van der Waals surface area contributed by atoms with Crippen LogP contribution in [0.25, 0.3) is 6.08 Å². The molecule has 0 aliphatic rings. The zero-order chi connectivity index (χ0) is 29.4. The van der Waals surface area contributed by atoms with Crippen LogP contribution in [0, 0.1) is 6.92 Å². The second kappa shape index (κ2) is 14.0. The Hall–Kier alpha value is -4.04. The molecule has 0 radical (unpaired) electrons. The fourth-order valence-electron chi connectivity index (χ4n) is 3.78. The average molecular weight is 605 g/mol. The third kappa shape index (κ3) is 8.24. The largest absolute Gasteiger partial charge is 0.325 e. The number of halogens is 2. The average Bonchev–Trinajstić information content (AvgIpc) is 2.96. The van der Waals surface area contributed by atoms with Crippen LogP contribution in [0.2, 0.25) is 10.0 Å². The summed E-state index contributed by atoms with van der Waals surface area (Å²) in [6, 6.07) is 28.3. The SMILES string of the molecule is Cc1ccccc1NC(=O)C(C)Sc1cccc(NC(=O)/C(=C\c2cccc(Cl)c2Cl)NC(=O)c2ccccc2)c1. The highest BCUT2D eigenvalue weighted by Crippen LogP contribution is 2.29. The molecule has 0 saturated carbocycles. The van der Waals surface area contributed by atoms with Gasteiger partial charge in [0.05, 0.1) is 15.3 Å². The number of aryl methyl sites for hydroxylation is 1. The van der Waals surface area contributed by atoms with Gasteiger partial charge in [-0.2, -0.15) is 0 Å². The first-order valence-corrected chi connectivity index (χ1v) is 14.3. The van der Waals surface area contributed by atoms with Crippen molar-refractivity contribution < 1.29 is 14.4 Å². The molecule has 4 rings (SSSR count). The van der Waals surface area contributed by atoms with E-state index in [4.69, 9.17) is 23.2 Å². The Bertz CT molecular complexity index is 1610. The van der Waals surface area contributed by atoms with Crippen LogP contribution in [0.1, 0.15) is 28.4 Å². The maximum Gasteiger partial charge on any atom is 0.272 e. The number of carbonyl (C=O) groups excluding carboxylic acids is 3. The first kappa shape index (κ1) is 29.9. The lowest BCUT2D eigenvalue weighted by Crippen LogP contribution is -2.30. The summed E-state index contributed by atoms with van der Waals surface area (Å²) in [7, 11) is 0. The van der Waals surface area contributed by atoms with Crippen molar-refractivity contribution in [3.05, 3.63) is 129 Å². The Morgan fingerprint density at radius 3 is 2.29 bits per heavy atom. The number of anilines is 2. The van der Waals surface area contributed by atoms with Crippen LogP contribution < -0.4 is 16.0 Å². The van der Waals surface area contributed by atoms with E-state index < -0.39 is 17.1 Å². The van der Waals surface area contributed by atoms with Crippen molar-refractivity contribution in [3.8, 4) is 0 Å². The summed E-state index contributed by atoms with van der Waals surface area (Å²) in [6.45, 7) is 3.75. The second-order valence-electron chi connectivity index (χ2n) is 9.07. The first-order valence-electron chi connectivity index (χ1n) is 12.7. The van der Waals surface area contributed by atoms with Gasteiger partial charge in [-0.1, -0.05) is 77.8 Å². The van der Waals surface area contributed by atoms with Crippen molar-refractivity contribution in [2.45, 2.75) is 24.0 Å². The standard InChI is InChI=1S/C32H27Cl2N3O3S/c1-20-10-6-7-17-27(20)36-30(38)21(2)41-25-15-9-14-24(19-25)35-32(40)28(18-23-13-8-16-26(33)29(23)34)37-31(39)22-11-4-3-5-12-22/h3-19,21H,1-2H3,(H,35,40)(H,36,38)(H,37,39)/b28-18+. The molecule has 4 aromatic carbocycles. The summed E-state index contributed by atoms with van der Waals surface area (Å²) in [6.07, 6.45) is 1.47. The van der Waals surface area contributed by atoms with E-state index in [-0.39, 0.29) is 16.6 Å². The predicted octanol–water partition coefficient (Wildman–Crippen LogP) is 7.83. The maximum atomic E-state index is 13.4. The minimum atomic E-state index is -0.558. The molecule has 0 aliphatic carbocycles. The minimum absolute atomic E-state index is 0.0212. The highest BCUT2D eigenvalue weighted by atomic mass is 35.5. The lowest BCUT2D eigenvalue weighted by atomic mass is 10.1. The Morgan fingerprint density at radius 2 is 1.54 bits per heavy atom. The summed E-state index contributed by atoms with van der Waals surface area (Å²) in [5, 5.41) is 8.65. The van der Waals surface area contributed by atoms with E-state index in [9.17, 15) is 14.4 Å². The number of benzene rings is 4. The highest BCUT2D eigenvalue weighted by molar-refractivity contribution is 8.00. The van der Waals surface area contributed by atoms with Gasteiger partial charge in [0, 0.05) is 21.8 Å². The van der Waals surface area contributed by atoms with Crippen molar-refractivity contribution in [2.75, 3.05) is 10.6 Å². The molecule has 1 unspecified atom stereocenters. The Labute approximate surface area is 253 Å². The van der Waals surface area contributed by atoms with Gasteiger partial charge >= 0.3 is 0 Å². The molecule has 41 heavy (non-hydrogen) atoms. The third-order valence-electron chi connectivity index (χ3n) is 5.99. The molecule has 6 nitrogen and oxygen atoms in total. The van der Waals surface area contributed by atoms with Gasteiger partial charge in [0.25, 0.3) is 11.8 Å². The zero-order valence-corrected chi connectivity index (χ0v) is 24.6. The maximum absolute atomic E-state index is 13.4. The van der Waals surface area contributed by atoms with Crippen LogP contribution >= 0.6 is 35.0 Å². The monoisotopic (exact) mass is 603 g/mol. The fourth-order valence-corrected chi connectivity index (χ4v) is 5.07. The summed E-state index contributed by atoms with van der Waals surface area (Å²) in [5.74, 6) is -1.15. The summed E-state index contributed by atoms with van der Waals surface area (Å²) >= 11 is 13.9. The van der Waals surface area contributed by atoms with E-state index in [0.29, 0.717) is 21.8 Å². The Kier molecular flexibility index (Phi) is 10.2. The van der Waals surface area contributed by atoms with Crippen LogP contribution in [-0.4, -0.2) is 23.0 Å². The van der Waals surface area contributed by atoms with E-state index in [1.165, 1.54) is 17.8 Å². The second-order valence-corrected chi connectivity index (χ2v) is 11.3. The molecule has 0 heterocycles. The minimum Gasteiger partial charge on any atom is -0.325 e. The highest BCUT2D eigenvalue weighted by Gasteiger charge is 2.18. The van der Waals surface area contributed by atoms with Crippen LogP contribution in [0.15, 0.2) is 108 Å². The summed E-state index contributed by atoms with van der Waals surface area (Å²) in [4.78, 5) is 39.9. The van der Waals surface area contributed by atoms with Crippen LogP contribution in [0.5, 0.6) is 0 Å². The van der Waals surface area contributed by atoms with Crippen LogP contribution in [0.4, 0.5) is 11.4 Å². The number of carbonyl (C=O) groups is 3. The van der Waals surface area contributed by atoms with E-state index in [1.54, 1.807) is 66.7 Å². The fraction of sp³-hybridized carbons (Fsp3) is 0.0938. The van der Waals surface area contributed by atoms with Gasteiger partial charge in [-0.3, -0.25) is 14.4 Å². The first-order chi connectivity index (χ1) is 19.7.